The number of fused-ring (bicyclic) bond motifs is 3. The Bertz CT molecular complexity index is 1470. The number of benzene rings is 1. The van der Waals surface area contributed by atoms with Gasteiger partial charge in [-0.15, -0.1) is 22.7 Å². The number of nitrogens with zero attached hydrogens (tertiary/aromatic N) is 3. The lowest BCUT2D eigenvalue weighted by Gasteiger charge is -2.08. The molecule has 5 rings (SSSR count). The van der Waals surface area contributed by atoms with E-state index in [2.05, 4.69) is 10.3 Å². The third-order valence-electron chi connectivity index (χ3n) is 4.85. The molecule has 0 spiro atoms. The molecule has 0 atom stereocenters. The van der Waals surface area contributed by atoms with Gasteiger partial charge in [0, 0.05) is 11.1 Å². The van der Waals surface area contributed by atoms with Crippen LogP contribution in [0.15, 0.2) is 65.0 Å². The highest BCUT2D eigenvalue weighted by Crippen LogP contribution is 2.32. The highest BCUT2D eigenvalue weighted by Gasteiger charge is 2.15. The predicted octanol–water partition coefficient (Wildman–Crippen LogP) is 4.77. The Morgan fingerprint density at radius 1 is 1.16 bits per heavy atom. The van der Waals surface area contributed by atoms with Crippen molar-refractivity contribution in [1.82, 2.24) is 14.5 Å². The Labute approximate surface area is 191 Å². The van der Waals surface area contributed by atoms with Crippen LogP contribution >= 0.6 is 22.7 Å². The fourth-order valence-electron chi connectivity index (χ4n) is 3.38. The average molecular weight is 463 g/mol. The molecule has 9 heteroatoms. The summed E-state index contributed by atoms with van der Waals surface area (Å²) in [5, 5.41) is 5.64. The van der Waals surface area contributed by atoms with Gasteiger partial charge in [-0.3, -0.25) is 14.2 Å². The van der Waals surface area contributed by atoms with Crippen molar-refractivity contribution in [3.05, 3.63) is 70.6 Å². The number of hydrogen-bond acceptors (Lipinski definition) is 7. The number of aromatic nitrogens is 3. The van der Waals surface area contributed by atoms with E-state index in [-0.39, 0.29) is 18.0 Å². The maximum absolute atomic E-state index is 13.0. The van der Waals surface area contributed by atoms with E-state index in [0.29, 0.717) is 22.5 Å². The van der Waals surface area contributed by atoms with Crippen molar-refractivity contribution >= 4 is 54.7 Å². The minimum Gasteiger partial charge on any atom is -0.494 e. The van der Waals surface area contributed by atoms with Crippen molar-refractivity contribution < 1.29 is 9.53 Å². The average Bonchev–Trinajstić information content (AvgIpc) is 3.45. The molecule has 0 aliphatic heterocycles. The van der Waals surface area contributed by atoms with E-state index in [9.17, 15) is 9.59 Å². The molecule has 0 fully saturated rings. The molecule has 4 aromatic heterocycles. The summed E-state index contributed by atoms with van der Waals surface area (Å²) in [6.45, 7) is 2.36. The molecule has 0 aliphatic carbocycles. The molecule has 1 aromatic carbocycles. The maximum atomic E-state index is 13.0. The number of ether oxygens (including phenoxy) is 1. The van der Waals surface area contributed by atoms with Crippen LogP contribution in [0.4, 0.5) is 5.69 Å². The number of hydrogen-bond donors (Lipinski definition) is 1. The monoisotopic (exact) mass is 462 g/mol. The minimum atomic E-state index is -0.309. The van der Waals surface area contributed by atoms with Crippen molar-refractivity contribution in [1.29, 1.82) is 0 Å². The van der Waals surface area contributed by atoms with Gasteiger partial charge in [-0.1, -0.05) is 6.07 Å². The van der Waals surface area contributed by atoms with Crippen LogP contribution in [0.5, 0.6) is 5.75 Å². The molecule has 7 nitrogen and oxygen atoms in total. The lowest BCUT2D eigenvalue weighted by atomic mass is 10.2. The van der Waals surface area contributed by atoms with Crippen LogP contribution in [0.3, 0.4) is 0 Å². The SMILES string of the molecule is CCOc1ccc(NC(=O)Cn2cnc3c(sc4nc(-c5cccs5)ccc43)c2=O)cc1. The molecular formula is C23H18N4O3S2. The molecule has 0 aliphatic rings. The number of thiophene rings is 2. The Hall–Kier alpha value is -3.56. The molecule has 160 valence electrons. The summed E-state index contributed by atoms with van der Waals surface area (Å²) in [6.07, 6.45) is 1.42. The number of pyridine rings is 1. The summed E-state index contributed by atoms with van der Waals surface area (Å²) in [6, 6.07) is 15.0. The second-order valence-corrected chi connectivity index (χ2v) is 8.94. The second-order valence-electron chi connectivity index (χ2n) is 6.99. The van der Waals surface area contributed by atoms with E-state index in [1.807, 2.05) is 36.6 Å². The molecule has 0 radical (unpaired) electrons. The third-order valence-corrected chi connectivity index (χ3v) is 6.82. The van der Waals surface area contributed by atoms with Gasteiger partial charge in [-0.2, -0.15) is 0 Å². The smallest absolute Gasteiger partial charge is 0.271 e. The van der Waals surface area contributed by atoms with E-state index in [1.54, 1.807) is 35.6 Å². The fourth-order valence-corrected chi connectivity index (χ4v) is 5.15. The van der Waals surface area contributed by atoms with E-state index in [0.717, 1.165) is 26.5 Å². The second kappa shape index (κ2) is 8.52. The van der Waals surface area contributed by atoms with Crippen molar-refractivity contribution in [2.45, 2.75) is 13.5 Å². The van der Waals surface area contributed by atoms with Crippen molar-refractivity contribution in [3.63, 3.8) is 0 Å². The van der Waals surface area contributed by atoms with Gasteiger partial charge >= 0.3 is 0 Å². The predicted molar refractivity (Wildman–Crippen MR) is 129 cm³/mol. The van der Waals surface area contributed by atoms with Crippen molar-refractivity contribution in [2.24, 2.45) is 0 Å². The van der Waals surface area contributed by atoms with Gasteiger partial charge < -0.3 is 10.1 Å². The first-order valence-corrected chi connectivity index (χ1v) is 11.7. The number of carbonyl (C=O) groups is 1. The van der Waals surface area contributed by atoms with Crippen LogP contribution in [0.2, 0.25) is 0 Å². The summed E-state index contributed by atoms with van der Waals surface area (Å²) in [4.78, 5) is 36.5. The van der Waals surface area contributed by atoms with Gasteiger partial charge in [-0.25, -0.2) is 9.97 Å². The number of anilines is 1. The fraction of sp³-hybridized carbons (Fsp3) is 0.130. The molecule has 4 heterocycles. The molecule has 1 amide bonds. The first-order chi connectivity index (χ1) is 15.6. The van der Waals surface area contributed by atoms with E-state index in [1.165, 1.54) is 22.2 Å². The summed E-state index contributed by atoms with van der Waals surface area (Å²) in [5.41, 5.74) is 1.86. The van der Waals surface area contributed by atoms with Crippen LogP contribution < -0.4 is 15.6 Å². The number of amides is 1. The molecule has 32 heavy (non-hydrogen) atoms. The summed E-state index contributed by atoms with van der Waals surface area (Å²) in [5.74, 6) is 0.425. The highest BCUT2D eigenvalue weighted by molar-refractivity contribution is 7.25. The first kappa shape index (κ1) is 20.3. The normalized spacial score (nSPS) is 11.2. The zero-order valence-corrected chi connectivity index (χ0v) is 18.7. The molecule has 0 saturated carbocycles. The number of rotatable bonds is 6. The largest absolute Gasteiger partial charge is 0.494 e. The van der Waals surface area contributed by atoms with Crippen LogP contribution in [-0.4, -0.2) is 27.0 Å². The van der Waals surface area contributed by atoms with Gasteiger partial charge in [-0.05, 0) is 54.8 Å². The van der Waals surface area contributed by atoms with Gasteiger partial charge in [0.2, 0.25) is 5.91 Å². The van der Waals surface area contributed by atoms with Crippen LogP contribution in [0, 0.1) is 0 Å². The van der Waals surface area contributed by atoms with Crippen LogP contribution in [0.25, 0.3) is 31.0 Å². The quantitative estimate of drug-likeness (QED) is 0.393. The summed E-state index contributed by atoms with van der Waals surface area (Å²) >= 11 is 2.92. The third kappa shape index (κ3) is 3.88. The zero-order valence-electron chi connectivity index (χ0n) is 17.1. The summed E-state index contributed by atoms with van der Waals surface area (Å²) in [7, 11) is 0. The lowest BCUT2D eigenvalue weighted by Crippen LogP contribution is -2.27. The molecule has 0 unspecified atom stereocenters. The van der Waals surface area contributed by atoms with Gasteiger partial charge in [0.25, 0.3) is 5.56 Å². The zero-order chi connectivity index (χ0) is 22.1. The Balaban J connectivity index is 1.40. The van der Waals surface area contributed by atoms with Gasteiger partial charge in [0.1, 0.15) is 21.8 Å². The molecule has 5 aromatic rings. The maximum Gasteiger partial charge on any atom is 0.271 e. The number of carbonyl (C=O) groups excluding carboxylic acids is 1. The molecule has 1 N–H and O–H groups in total. The Morgan fingerprint density at radius 3 is 2.75 bits per heavy atom. The highest BCUT2D eigenvalue weighted by atomic mass is 32.1. The van der Waals surface area contributed by atoms with Gasteiger partial charge in [0.15, 0.2) is 0 Å². The summed E-state index contributed by atoms with van der Waals surface area (Å²) < 4.78 is 7.22. The molecule has 0 saturated heterocycles. The Kier molecular flexibility index (Phi) is 5.42. The topological polar surface area (TPSA) is 86.1 Å². The Morgan fingerprint density at radius 2 is 2.00 bits per heavy atom. The minimum absolute atomic E-state index is 0.128. The van der Waals surface area contributed by atoms with Crippen LogP contribution in [0.1, 0.15) is 6.92 Å². The number of nitrogens with one attached hydrogen (secondary N) is 1. The van der Waals surface area contributed by atoms with E-state index < -0.39 is 0 Å². The molecular weight excluding hydrogens is 444 g/mol. The lowest BCUT2D eigenvalue weighted by molar-refractivity contribution is -0.116. The van der Waals surface area contributed by atoms with Crippen LogP contribution in [-0.2, 0) is 11.3 Å². The van der Waals surface area contributed by atoms with Crippen molar-refractivity contribution in [3.8, 4) is 16.3 Å². The van der Waals surface area contributed by atoms with E-state index >= 15 is 0 Å². The van der Waals surface area contributed by atoms with Crippen molar-refractivity contribution in [2.75, 3.05) is 11.9 Å². The van der Waals surface area contributed by atoms with E-state index in [4.69, 9.17) is 9.72 Å². The molecule has 0 bridgehead atoms. The standard InChI is InChI=1S/C23H18N4O3S2/c1-2-30-15-7-5-14(6-8-15)25-19(28)12-27-13-24-20-16-9-10-17(18-4-3-11-31-18)26-22(16)32-21(20)23(27)29/h3-11,13H,2,12H2,1H3,(H,25,28). The van der Waals surface area contributed by atoms with Gasteiger partial charge in [0.05, 0.1) is 29.0 Å². The first-order valence-electron chi connectivity index (χ1n) is 9.97.